The summed E-state index contributed by atoms with van der Waals surface area (Å²) in [6.07, 6.45) is 0.550. The number of hydrogen-bond donors (Lipinski definition) is 1. The second kappa shape index (κ2) is 7.48. The van der Waals surface area contributed by atoms with Crippen LogP contribution in [0.15, 0.2) is 36.4 Å². The van der Waals surface area contributed by atoms with E-state index in [0.29, 0.717) is 11.1 Å². The second-order valence-corrected chi connectivity index (χ2v) is 4.76. The van der Waals surface area contributed by atoms with E-state index < -0.39 is 12.1 Å². The fraction of sp³-hybridized carbons (Fsp3) is 0.375. The fourth-order valence-corrected chi connectivity index (χ4v) is 1.56. The van der Waals surface area contributed by atoms with Gasteiger partial charge in [0.25, 0.3) is 5.91 Å². The van der Waals surface area contributed by atoms with Gasteiger partial charge in [0.1, 0.15) is 6.10 Å². The van der Waals surface area contributed by atoms with Crippen LogP contribution in [-0.2, 0) is 16.0 Å². The first-order chi connectivity index (χ1) is 9.43. The third-order valence-corrected chi connectivity index (χ3v) is 2.83. The Kier molecular flexibility index (Phi) is 5.97. The van der Waals surface area contributed by atoms with Crippen LogP contribution >= 0.6 is 0 Å². The maximum atomic E-state index is 11.9. The van der Waals surface area contributed by atoms with Crippen molar-refractivity contribution >= 4 is 11.9 Å². The number of nitrogens with one attached hydrogen (secondary N) is 1. The molecule has 1 N–H and O–H groups in total. The molecule has 0 aromatic heterocycles. The molecule has 0 bridgehead atoms. The average molecular weight is 275 g/mol. The number of rotatable bonds is 6. The van der Waals surface area contributed by atoms with Gasteiger partial charge in [-0.15, -0.1) is 0 Å². The van der Waals surface area contributed by atoms with E-state index in [2.05, 4.69) is 18.8 Å². The van der Waals surface area contributed by atoms with Gasteiger partial charge in [0.15, 0.2) is 0 Å². The quantitative estimate of drug-likeness (QED) is 0.641. The van der Waals surface area contributed by atoms with E-state index in [9.17, 15) is 9.59 Å². The van der Waals surface area contributed by atoms with Crippen molar-refractivity contribution in [3.05, 3.63) is 47.5 Å². The number of ether oxygens (including phenoxy) is 1. The monoisotopic (exact) mass is 275 g/mol. The molecule has 1 amide bonds. The summed E-state index contributed by atoms with van der Waals surface area (Å²) in [5.74, 6) is -0.620. The highest BCUT2D eigenvalue weighted by atomic mass is 16.5. The Morgan fingerprint density at radius 3 is 2.40 bits per heavy atom. The van der Waals surface area contributed by atoms with Gasteiger partial charge in [-0.05, 0) is 38.0 Å². The molecule has 0 saturated carbocycles. The molecule has 0 fully saturated rings. The Morgan fingerprint density at radius 1 is 1.30 bits per heavy atom. The molecular weight excluding hydrogens is 254 g/mol. The summed E-state index contributed by atoms with van der Waals surface area (Å²) in [4.78, 5) is 23.2. The first kappa shape index (κ1) is 16.0. The van der Waals surface area contributed by atoms with Crippen molar-refractivity contribution in [3.8, 4) is 0 Å². The molecule has 0 radical (unpaired) electrons. The lowest BCUT2D eigenvalue weighted by molar-refractivity contribution is -0.143. The van der Waals surface area contributed by atoms with Gasteiger partial charge < -0.3 is 10.1 Å². The molecule has 1 unspecified atom stereocenters. The predicted octanol–water partition coefficient (Wildman–Crippen LogP) is 2.49. The summed E-state index contributed by atoms with van der Waals surface area (Å²) in [7, 11) is 0. The van der Waals surface area contributed by atoms with Crippen LogP contribution in [0.1, 0.15) is 36.7 Å². The zero-order valence-electron chi connectivity index (χ0n) is 12.2. The summed E-state index contributed by atoms with van der Waals surface area (Å²) in [5, 5.41) is 2.73. The molecule has 1 aromatic rings. The highest BCUT2D eigenvalue weighted by molar-refractivity contribution is 5.94. The number of esters is 1. The maximum absolute atomic E-state index is 11.9. The molecule has 1 aromatic carbocycles. The van der Waals surface area contributed by atoms with Gasteiger partial charge in [-0.2, -0.15) is 0 Å². The van der Waals surface area contributed by atoms with Gasteiger partial charge >= 0.3 is 5.97 Å². The van der Waals surface area contributed by atoms with Gasteiger partial charge in [0.2, 0.25) is 0 Å². The highest BCUT2D eigenvalue weighted by Gasteiger charge is 2.12. The number of carbonyl (C=O) groups excluding carboxylic acids is 2. The number of amides is 1. The topological polar surface area (TPSA) is 55.4 Å². The molecule has 20 heavy (non-hydrogen) atoms. The third kappa shape index (κ3) is 4.88. The van der Waals surface area contributed by atoms with Crippen molar-refractivity contribution in [1.29, 1.82) is 0 Å². The Labute approximate surface area is 119 Å². The lowest BCUT2D eigenvalue weighted by Gasteiger charge is -2.14. The van der Waals surface area contributed by atoms with E-state index in [1.807, 2.05) is 12.1 Å². The SMILES string of the molecule is C=C(C)C(=O)OC(C)CNC(=O)c1ccc(CC)cc1. The van der Waals surface area contributed by atoms with E-state index in [1.54, 1.807) is 26.0 Å². The van der Waals surface area contributed by atoms with Crippen LogP contribution in [0.4, 0.5) is 0 Å². The van der Waals surface area contributed by atoms with Crippen LogP contribution in [-0.4, -0.2) is 24.5 Å². The molecule has 0 heterocycles. The smallest absolute Gasteiger partial charge is 0.333 e. The van der Waals surface area contributed by atoms with E-state index >= 15 is 0 Å². The molecule has 0 aliphatic rings. The molecule has 4 heteroatoms. The number of aryl methyl sites for hydroxylation is 1. The minimum absolute atomic E-state index is 0.175. The van der Waals surface area contributed by atoms with E-state index in [-0.39, 0.29) is 12.5 Å². The number of benzene rings is 1. The van der Waals surface area contributed by atoms with E-state index in [4.69, 9.17) is 4.74 Å². The molecule has 0 aliphatic carbocycles. The van der Waals surface area contributed by atoms with Crippen LogP contribution < -0.4 is 5.32 Å². The molecule has 0 aliphatic heterocycles. The van der Waals surface area contributed by atoms with Crippen LogP contribution in [0.25, 0.3) is 0 Å². The third-order valence-electron chi connectivity index (χ3n) is 2.83. The lowest BCUT2D eigenvalue weighted by atomic mass is 10.1. The van der Waals surface area contributed by atoms with Crippen LogP contribution in [0, 0.1) is 0 Å². The zero-order chi connectivity index (χ0) is 15.1. The molecular formula is C16H21NO3. The normalized spacial score (nSPS) is 11.6. The summed E-state index contributed by atoms with van der Waals surface area (Å²) in [6.45, 7) is 9.15. The van der Waals surface area contributed by atoms with E-state index in [0.717, 1.165) is 6.42 Å². The van der Waals surface area contributed by atoms with Crippen molar-refractivity contribution in [2.24, 2.45) is 0 Å². The molecule has 1 atom stereocenters. The van der Waals surface area contributed by atoms with Crippen molar-refractivity contribution in [2.45, 2.75) is 33.3 Å². The second-order valence-electron chi connectivity index (χ2n) is 4.76. The van der Waals surface area contributed by atoms with Crippen LogP contribution in [0.5, 0.6) is 0 Å². The molecule has 0 spiro atoms. The first-order valence-electron chi connectivity index (χ1n) is 6.67. The van der Waals surface area contributed by atoms with E-state index in [1.165, 1.54) is 5.56 Å². The maximum Gasteiger partial charge on any atom is 0.333 e. The summed E-state index contributed by atoms with van der Waals surface area (Å²) < 4.78 is 5.08. The minimum atomic E-state index is -0.445. The van der Waals surface area contributed by atoms with Crippen molar-refractivity contribution in [3.63, 3.8) is 0 Å². The highest BCUT2D eigenvalue weighted by Crippen LogP contribution is 2.05. The van der Waals surface area contributed by atoms with Crippen molar-refractivity contribution < 1.29 is 14.3 Å². The van der Waals surface area contributed by atoms with Crippen LogP contribution in [0.2, 0.25) is 0 Å². The number of carbonyl (C=O) groups is 2. The van der Waals surface area contributed by atoms with Crippen molar-refractivity contribution in [2.75, 3.05) is 6.54 Å². The van der Waals surface area contributed by atoms with Gasteiger partial charge in [0, 0.05) is 11.1 Å². The summed E-state index contributed by atoms with van der Waals surface area (Å²) in [6, 6.07) is 7.44. The summed E-state index contributed by atoms with van der Waals surface area (Å²) in [5.41, 5.74) is 2.13. The predicted molar refractivity (Wildman–Crippen MR) is 78.5 cm³/mol. The average Bonchev–Trinajstić information content (AvgIpc) is 2.44. The first-order valence-corrected chi connectivity index (χ1v) is 6.67. The minimum Gasteiger partial charge on any atom is -0.457 e. The molecule has 108 valence electrons. The fourth-order valence-electron chi connectivity index (χ4n) is 1.56. The summed E-state index contributed by atoms with van der Waals surface area (Å²) >= 11 is 0. The van der Waals surface area contributed by atoms with Gasteiger partial charge in [-0.3, -0.25) is 4.79 Å². The zero-order valence-corrected chi connectivity index (χ0v) is 12.2. The standard InChI is InChI=1S/C16H21NO3/c1-5-13-6-8-14(9-7-13)15(18)17-10-12(4)20-16(19)11(2)3/h6-9,12H,2,5,10H2,1,3-4H3,(H,17,18). The molecule has 0 saturated heterocycles. The Balaban J connectivity index is 2.46. The van der Waals surface area contributed by atoms with Gasteiger partial charge in [0.05, 0.1) is 6.54 Å². The van der Waals surface area contributed by atoms with Gasteiger partial charge in [-0.25, -0.2) is 4.79 Å². The lowest BCUT2D eigenvalue weighted by Crippen LogP contribution is -2.33. The number of hydrogen-bond acceptors (Lipinski definition) is 3. The Hall–Kier alpha value is -2.10. The Morgan fingerprint density at radius 2 is 1.90 bits per heavy atom. The molecule has 4 nitrogen and oxygen atoms in total. The van der Waals surface area contributed by atoms with Crippen molar-refractivity contribution in [1.82, 2.24) is 5.32 Å². The van der Waals surface area contributed by atoms with Gasteiger partial charge in [-0.1, -0.05) is 25.6 Å². The molecule has 1 rings (SSSR count). The Bertz CT molecular complexity index is 491. The van der Waals surface area contributed by atoms with Crippen LogP contribution in [0.3, 0.4) is 0 Å². The largest absolute Gasteiger partial charge is 0.457 e.